The van der Waals surface area contributed by atoms with Crippen molar-refractivity contribution in [3.63, 3.8) is 0 Å². The smallest absolute Gasteiger partial charge is 0.341 e. The summed E-state index contributed by atoms with van der Waals surface area (Å²) in [7, 11) is 1.33. The van der Waals surface area contributed by atoms with Gasteiger partial charge in [-0.2, -0.15) is 5.26 Å². The molecule has 1 heterocycles. The van der Waals surface area contributed by atoms with Gasteiger partial charge in [-0.25, -0.2) is 4.79 Å². The lowest BCUT2D eigenvalue weighted by atomic mass is 9.88. The molecule has 0 saturated carbocycles. The molecule has 1 atom stereocenters. The van der Waals surface area contributed by atoms with Crippen LogP contribution in [0.4, 0.5) is 5.00 Å². The molecule has 1 amide bonds. The molecule has 0 aliphatic heterocycles. The summed E-state index contributed by atoms with van der Waals surface area (Å²) in [5, 5.41) is 12.7. The molecule has 1 aliphatic rings. The van der Waals surface area contributed by atoms with Crippen LogP contribution in [0, 0.1) is 17.2 Å². The Labute approximate surface area is 180 Å². The van der Waals surface area contributed by atoms with E-state index in [1.165, 1.54) is 24.5 Å². The molecule has 1 aromatic heterocycles. The number of nitriles is 1. The molecule has 1 aliphatic carbocycles. The molecule has 0 fully saturated rings. The Kier molecular flexibility index (Phi) is 6.91. The average molecular weight is 425 g/mol. The number of benzene rings is 1. The third-order valence-corrected chi connectivity index (χ3v) is 6.17. The fraction of sp³-hybridized carbons (Fsp3) is 0.348. The highest BCUT2D eigenvalue weighted by atomic mass is 32.1. The van der Waals surface area contributed by atoms with Crippen LogP contribution in [0.1, 0.15) is 46.6 Å². The number of carbonyl (C=O) groups excluding carboxylic acids is 2. The van der Waals surface area contributed by atoms with Gasteiger partial charge in [-0.05, 0) is 61.4 Å². The molecule has 0 radical (unpaired) electrons. The van der Waals surface area contributed by atoms with Crippen LogP contribution in [0.3, 0.4) is 0 Å². The fourth-order valence-electron chi connectivity index (χ4n) is 3.47. The Hall–Kier alpha value is -3.11. The highest BCUT2D eigenvalue weighted by Crippen LogP contribution is 2.40. The van der Waals surface area contributed by atoms with E-state index in [2.05, 4.69) is 12.2 Å². The summed E-state index contributed by atoms with van der Waals surface area (Å²) >= 11 is 1.39. The Bertz CT molecular complexity index is 1020. The van der Waals surface area contributed by atoms with Crippen LogP contribution in [0.5, 0.6) is 5.75 Å². The number of fused-ring (bicyclic) bond motifs is 1. The average Bonchev–Trinajstić information content (AvgIpc) is 3.09. The minimum Gasteiger partial charge on any atom is -0.494 e. The molecule has 6 nitrogen and oxygen atoms in total. The normalized spacial score (nSPS) is 15.7. The Balaban J connectivity index is 1.86. The molecule has 0 saturated heterocycles. The molecule has 30 heavy (non-hydrogen) atoms. The van der Waals surface area contributed by atoms with Gasteiger partial charge in [0.25, 0.3) is 5.91 Å². The second kappa shape index (κ2) is 9.59. The second-order valence-corrected chi connectivity index (χ2v) is 8.28. The summed E-state index contributed by atoms with van der Waals surface area (Å²) in [6.07, 6.45) is 4.15. The fourth-order valence-corrected chi connectivity index (χ4v) is 4.86. The zero-order chi connectivity index (χ0) is 21.7. The van der Waals surface area contributed by atoms with Crippen LogP contribution < -0.4 is 10.1 Å². The molecule has 0 bridgehead atoms. The van der Waals surface area contributed by atoms with Gasteiger partial charge in [-0.15, -0.1) is 11.3 Å². The van der Waals surface area contributed by atoms with Gasteiger partial charge in [0.2, 0.25) is 0 Å². The van der Waals surface area contributed by atoms with E-state index >= 15 is 0 Å². The van der Waals surface area contributed by atoms with Crippen LogP contribution in [-0.2, 0) is 22.4 Å². The number of nitrogens with zero attached hydrogens (tertiary/aromatic N) is 1. The van der Waals surface area contributed by atoms with Crippen LogP contribution in [0.25, 0.3) is 6.08 Å². The molecule has 3 rings (SSSR count). The van der Waals surface area contributed by atoms with Crippen molar-refractivity contribution in [3.8, 4) is 11.8 Å². The first-order valence-corrected chi connectivity index (χ1v) is 10.7. The number of carbonyl (C=O) groups is 2. The zero-order valence-electron chi connectivity index (χ0n) is 17.3. The lowest BCUT2D eigenvalue weighted by Gasteiger charge is -2.18. The minimum atomic E-state index is -0.553. The number of hydrogen-bond acceptors (Lipinski definition) is 6. The minimum absolute atomic E-state index is 0.0466. The lowest BCUT2D eigenvalue weighted by molar-refractivity contribution is -0.112. The van der Waals surface area contributed by atoms with Crippen LogP contribution in [-0.4, -0.2) is 25.6 Å². The number of nitrogens with one attached hydrogen (secondary N) is 1. The molecular weight excluding hydrogens is 400 g/mol. The van der Waals surface area contributed by atoms with Crippen molar-refractivity contribution in [3.05, 3.63) is 51.4 Å². The number of thiophene rings is 1. The quantitative estimate of drug-likeness (QED) is 0.416. The lowest BCUT2D eigenvalue weighted by Crippen LogP contribution is -2.16. The second-order valence-electron chi connectivity index (χ2n) is 7.17. The number of methoxy groups -OCH3 is 1. The van der Waals surface area contributed by atoms with Crippen LogP contribution in [0.15, 0.2) is 29.8 Å². The standard InChI is InChI=1S/C23H24N2O4S/c1-4-29-17-8-6-15(7-9-17)12-16(13-24)21(26)25-22-20(23(27)28-3)18-10-5-14(2)11-19(18)30-22/h6-9,12,14H,4-5,10-11H2,1-3H3,(H,25,26)/b16-12+. The van der Waals surface area contributed by atoms with Gasteiger partial charge >= 0.3 is 5.97 Å². The van der Waals surface area contributed by atoms with Gasteiger partial charge in [0, 0.05) is 4.88 Å². The van der Waals surface area contributed by atoms with Crippen molar-refractivity contribution >= 4 is 34.3 Å². The van der Waals surface area contributed by atoms with Crippen molar-refractivity contribution in [1.29, 1.82) is 5.26 Å². The topological polar surface area (TPSA) is 88.4 Å². The molecular formula is C23H24N2O4S. The first-order chi connectivity index (χ1) is 14.5. The van der Waals surface area contributed by atoms with E-state index in [9.17, 15) is 14.9 Å². The molecule has 156 valence electrons. The van der Waals surface area contributed by atoms with Gasteiger partial charge in [-0.1, -0.05) is 19.1 Å². The first-order valence-electron chi connectivity index (χ1n) is 9.85. The van der Waals surface area contributed by atoms with E-state index in [0.717, 1.165) is 35.5 Å². The van der Waals surface area contributed by atoms with E-state index in [0.29, 0.717) is 28.7 Å². The molecule has 0 spiro atoms. The van der Waals surface area contributed by atoms with Crippen molar-refractivity contribution in [1.82, 2.24) is 0 Å². The monoisotopic (exact) mass is 424 g/mol. The van der Waals surface area contributed by atoms with E-state index in [4.69, 9.17) is 9.47 Å². The van der Waals surface area contributed by atoms with Crippen LogP contribution in [0.2, 0.25) is 0 Å². The number of esters is 1. The number of ether oxygens (including phenoxy) is 2. The summed E-state index contributed by atoms with van der Waals surface area (Å²) < 4.78 is 10.4. The Morgan fingerprint density at radius 1 is 1.33 bits per heavy atom. The van der Waals surface area contributed by atoms with Gasteiger partial charge in [0.15, 0.2) is 0 Å². The number of hydrogen-bond donors (Lipinski definition) is 1. The van der Waals surface area contributed by atoms with E-state index < -0.39 is 11.9 Å². The molecule has 2 aromatic rings. The summed E-state index contributed by atoms with van der Waals surface area (Å²) in [6, 6.07) is 9.07. The van der Waals surface area contributed by atoms with Crippen molar-refractivity contribution < 1.29 is 19.1 Å². The maximum Gasteiger partial charge on any atom is 0.341 e. The van der Waals surface area contributed by atoms with Gasteiger partial charge < -0.3 is 14.8 Å². The predicted octanol–water partition coefficient (Wildman–Crippen LogP) is 4.60. The largest absolute Gasteiger partial charge is 0.494 e. The molecule has 7 heteroatoms. The molecule has 1 aromatic carbocycles. The van der Waals surface area contributed by atoms with E-state index in [1.807, 2.05) is 13.0 Å². The molecule has 1 unspecified atom stereocenters. The molecule has 1 N–H and O–H groups in total. The first kappa shape index (κ1) is 21.6. The summed E-state index contributed by atoms with van der Waals surface area (Å²) in [4.78, 5) is 26.3. The number of amides is 1. The Morgan fingerprint density at radius 3 is 2.70 bits per heavy atom. The van der Waals surface area contributed by atoms with E-state index in [1.54, 1.807) is 24.3 Å². The van der Waals surface area contributed by atoms with Gasteiger partial charge in [0.1, 0.15) is 22.4 Å². The maximum atomic E-state index is 12.8. The summed E-state index contributed by atoms with van der Waals surface area (Å²) in [5.41, 5.74) is 2.03. The Morgan fingerprint density at radius 2 is 2.07 bits per heavy atom. The van der Waals surface area contributed by atoms with Gasteiger partial charge in [-0.3, -0.25) is 4.79 Å². The SMILES string of the molecule is CCOc1ccc(/C=C(\C#N)C(=O)Nc2sc3c(c2C(=O)OC)CCC(C)C3)cc1. The van der Waals surface area contributed by atoms with E-state index in [-0.39, 0.29) is 5.57 Å². The van der Waals surface area contributed by atoms with Crippen molar-refractivity contribution in [2.75, 3.05) is 19.0 Å². The van der Waals surface area contributed by atoms with Crippen LogP contribution >= 0.6 is 11.3 Å². The third-order valence-electron chi connectivity index (χ3n) is 5.00. The van der Waals surface area contributed by atoms with Crippen molar-refractivity contribution in [2.45, 2.75) is 33.1 Å². The predicted molar refractivity (Wildman–Crippen MR) is 117 cm³/mol. The maximum absolute atomic E-state index is 12.8. The summed E-state index contributed by atoms with van der Waals surface area (Å²) in [5.74, 6) is 0.229. The highest BCUT2D eigenvalue weighted by Gasteiger charge is 2.29. The zero-order valence-corrected chi connectivity index (χ0v) is 18.1. The third kappa shape index (κ3) is 4.71. The van der Waals surface area contributed by atoms with Gasteiger partial charge in [0.05, 0.1) is 19.3 Å². The van der Waals surface area contributed by atoms with Crippen molar-refractivity contribution in [2.24, 2.45) is 5.92 Å². The number of anilines is 1. The highest BCUT2D eigenvalue weighted by molar-refractivity contribution is 7.17. The number of rotatable bonds is 6. The summed E-state index contributed by atoms with van der Waals surface area (Å²) in [6.45, 7) is 4.64.